The minimum atomic E-state index is -0.535. The molecule has 2 saturated heterocycles. The Bertz CT molecular complexity index is 766. The third kappa shape index (κ3) is 4.56. The molecule has 2 aliphatic heterocycles. The first-order chi connectivity index (χ1) is 13.3. The molecule has 0 saturated carbocycles. The second-order valence-corrected chi connectivity index (χ2v) is 8.21. The molecule has 0 aliphatic carbocycles. The van der Waals surface area contributed by atoms with Crippen molar-refractivity contribution in [1.82, 2.24) is 4.90 Å². The van der Waals surface area contributed by atoms with Crippen molar-refractivity contribution >= 4 is 12.1 Å². The molecule has 2 fully saturated rings. The molecule has 0 radical (unpaired) electrons. The lowest BCUT2D eigenvalue weighted by atomic mass is 10.00. The molecule has 28 heavy (non-hydrogen) atoms. The largest absolute Gasteiger partial charge is 0.478 e. The number of benzene rings is 1. The molecule has 1 amide bonds. The predicted molar refractivity (Wildman–Crippen MR) is 101 cm³/mol. The van der Waals surface area contributed by atoms with E-state index in [1.165, 1.54) is 0 Å². The lowest BCUT2D eigenvalue weighted by molar-refractivity contribution is -0.0227. The van der Waals surface area contributed by atoms with Crippen LogP contribution in [0.25, 0.3) is 0 Å². The molecule has 1 aromatic carbocycles. The lowest BCUT2D eigenvalue weighted by Gasteiger charge is -2.39. The van der Waals surface area contributed by atoms with E-state index in [9.17, 15) is 9.59 Å². The number of ether oxygens (including phenoxy) is 3. The van der Waals surface area contributed by atoms with E-state index in [2.05, 4.69) is 0 Å². The maximum atomic E-state index is 12.6. The van der Waals surface area contributed by atoms with Crippen LogP contribution < -0.4 is 4.74 Å². The van der Waals surface area contributed by atoms with E-state index >= 15 is 0 Å². The molecule has 0 spiro atoms. The summed E-state index contributed by atoms with van der Waals surface area (Å²) in [6, 6.07) is 8.67. The molecule has 2 aliphatic rings. The molecule has 2 heterocycles. The van der Waals surface area contributed by atoms with E-state index in [0.717, 1.165) is 12.8 Å². The summed E-state index contributed by atoms with van der Waals surface area (Å²) in [6.07, 6.45) is 2.43. The average molecular weight is 386 g/mol. The van der Waals surface area contributed by atoms with Crippen LogP contribution in [0.3, 0.4) is 0 Å². The van der Waals surface area contributed by atoms with Gasteiger partial charge in [-0.2, -0.15) is 5.26 Å². The second-order valence-electron chi connectivity index (χ2n) is 8.21. The number of hydrogen-bond acceptors (Lipinski definition) is 6. The summed E-state index contributed by atoms with van der Waals surface area (Å²) in [5.74, 6) is -0.133. The lowest BCUT2D eigenvalue weighted by Crippen LogP contribution is -2.50. The van der Waals surface area contributed by atoms with E-state index in [4.69, 9.17) is 19.5 Å². The minimum Gasteiger partial charge on any atom is -0.478 e. The maximum Gasteiger partial charge on any atom is 0.410 e. The highest BCUT2D eigenvalue weighted by Gasteiger charge is 2.46. The van der Waals surface area contributed by atoms with Gasteiger partial charge in [0.05, 0.1) is 0 Å². The standard InChI is InChI=1S/C21H26N2O5/c1-21(2,3)28-20(25)23-14-8-9-15(23)13-16(12-14)27-19(24)17-6-4-5-7-18(17)26-11-10-22/h4-7,14-16H,8-9,11-13H2,1-3H3/t14-,15+,16?. The number of carbonyl (C=O) groups excluding carboxylic acids is 2. The van der Waals surface area contributed by atoms with Gasteiger partial charge in [-0.1, -0.05) is 12.1 Å². The van der Waals surface area contributed by atoms with Gasteiger partial charge in [0, 0.05) is 24.9 Å². The topological polar surface area (TPSA) is 88.9 Å². The Labute approximate surface area is 165 Å². The van der Waals surface area contributed by atoms with Gasteiger partial charge in [-0.05, 0) is 45.7 Å². The van der Waals surface area contributed by atoms with Gasteiger partial charge in [-0.25, -0.2) is 9.59 Å². The van der Waals surface area contributed by atoms with Crippen LogP contribution >= 0.6 is 0 Å². The second kappa shape index (κ2) is 8.09. The van der Waals surface area contributed by atoms with Gasteiger partial charge in [-0.15, -0.1) is 0 Å². The number of carbonyl (C=O) groups is 2. The first-order valence-electron chi connectivity index (χ1n) is 9.59. The van der Waals surface area contributed by atoms with Crippen LogP contribution in [0, 0.1) is 11.3 Å². The summed E-state index contributed by atoms with van der Waals surface area (Å²) in [4.78, 5) is 27.0. The zero-order valence-electron chi connectivity index (χ0n) is 16.5. The van der Waals surface area contributed by atoms with Crippen molar-refractivity contribution in [3.8, 4) is 11.8 Å². The van der Waals surface area contributed by atoms with Crippen LogP contribution in [0.1, 0.15) is 56.8 Å². The van der Waals surface area contributed by atoms with Gasteiger partial charge in [-0.3, -0.25) is 0 Å². The molecule has 1 aromatic rings. The van der Waals surface area contributed by atoms with Gasteiger partial charge >= 0.3 is 12.1 Å². The predicted octanol–water partition coefficient (Wildman–Crippen LogP) is 3.68. The number of piperidine rings is 1. The van der Waals surface area contributed by atoms with E-state index in [1.54, 1.807) is 24.3 Å². The molecule has 7 nitrogen and oxygen atoms in total. The van der Waals surface area contributed by atoms with E-state index in [0.29, 0.717) is 24.2 Å². The van der Waals surface area contributed by atoms with E-state index in [1.807, 2.05) is 31.7 Å². The van der Waals surface area contributed by atoms with Crippen molar-refractivity contribution in [3.63, 3.8) is 0 Å². The third-order valence-corrected chi connectivity index (χ3v) is 4.97. The Morgan fingerprint density at radius 2 is 1.82 bits per heavy atom. The highest BCUT2D eigenvalue weighted by molar-refractivity contribution is 5.92. The third-order valence-electron chi connectivity index (χ3n) is 4.97. The highest BCUT2D eigenvalue weighted by Crippen LogP contribution is 2.38. The fourth-order valence-electron chi connectivity index (χ4n) is 3.92. The van der Waals surface area contributed by atoms with Crippen LogP contribution in [0.4, 0.5) is 4.79 Å². The number of nitriles is 1. The SMILES string of the molecule is CC(C)(C)OC(=O)N1[C@@H]2CC[C@H]1CC(OC(=O)c1ccccc1OCC#N)C2. The maximum absolute atomic E-state index is 12.6. The molecule has 0 N–H and O–H groups in total. The number of hydrogen-bond donors (Lipinski definition) is 0. The zero-order valence-corrected chi connectivity index (χ0v) is 16.5. The molecule has 3 atom stereocenters. The fourth-order valence-corrected chi connectivity index (χ4v) is 3.92. The van der Waals surface area contributed by atoms with Crippen LogP contribution in [0.5, 0.6) is 5.75 Å². The molecule has 3 rings (SSSR count). The minimum absolute atomic E-state index is 0.0245. The van der Waals surface area contributed by atoms with Crippen LogP contribution in [-0.2, 0) is 9.47 Å². The van der Waals surface area contributed by atoms with Gasteiger partial charge in [0.1, 0.15) is 29.1 Å². The Morgan fingerprint density at radius 3 is 2.43 bits per heavy atom. The first-order valence-corrected chi connectivity index (χ1v) is 9.59. The monoisotopic (exact) mass is 386 g/mol. The quantitative estimate of drug-likeness (QED) is 0.734. The summed E-state index contributed by atoms with van der Waals surface area (Å²) < 4.78 is 16.6. The van der Waals surface area contributed by atoms with E-state index in [-0.39, 0.29) is 30.9 Å². The Balaban J connectivity index is 1.63. The number of amides is 1. The highest BCUT2D eigenvalue weighted by atomic mass is 16.6. The van der Waals surface area contributed by atoms with Crippen molar-refractivity contribution in [2.24, 2.45) is 0 Å². The Morgan fingerprint density at radius 1 is 1.18 bits per heavy atom. The number of para-hydroxylation sites is 1. The van der Waals surface area contributed by atoms with Crippen LogP contribution in [-0.4, -0.2) is 47.4 Å². The number of rotatable bonds is 4. The number of esters is 1. The van der Waals surface area contributed by atoms with Gasteiger partial charge in [0.15, 0.2) is 6.61 Å². The fraction of sp³-hybridized carbons (Fsp3) is 0.571. The summed E-state index contributed by atoms with van der Waals surface area (Å²) in [5.41, 5.74) is -0.229. The summed E-state index contributed by atoms with van der Waals surface area (Å²) in [7, 11) is 0. The molecule has 2 bridgehead atoms. The average Bonchev–Trinajstić information content (AvgIpc) is 2.90. The molecule has 0 aromatic heterocycles. The Hall–Kier alpha value is -2.75. The zero-order chi connectivity index (χ0) is 20.3. The molecule has 150 valence electrons. The summed E-state index contributed by atoms with van der Waals surface area (Å²) in [5, 5.41) is 8.69. The molecular formula is C21H26N2O5. The van der Waals surface area contributed by atoms with Gasteiger partial charge in [0.2, 0.25) is 0 Å². The van der Waals surface area contributed by atoms with Crippen molar-refractivity contribution < 1.29 is 23.8 Å². The first kappa shape index (κ1) is 20.0. The molecule has 1 unspecified atom stereocenters. The number of fused-ring (bicyclic) bond motifs is 2. The van der Waals surface area contributed by atoms with Crippen molar-refractivity contribution in [1.29, 1.82) is 5.26 Å². The molecule has 7 heteroatoms. The smallest absolute Gasteiger partial charge is 0.410 e. The van der Waals surface area contributed by atoms with Gasteiger partial charge < -0.3 is 19.1 Å². The Kier molecular flexibility index (Phi) is 5.78. The summed E-state index contributed by atoms with van der Waals surface area (Å²) >= 11 is 0. The van der Waals surface area contributed by atoms with Gasteiger partial charge in [0.25, 0.3) is 0 Å². The number of nitrogens with zero attached hydrogens (tertiary/aromatic N) is 2. The van der Waals surface area contributed by atoms with E-state index < -0.39 is 11.6 Å². The summed E-state index contributed by atoms with van der Waals surface area (Å²) in [6.45, 7) is 5.43. The normalized spacial score (nSPS) is 23.6. The molecular weight excluding hydrogens is 360 g/mol. The van der Waals surface area contributed by atoms with Crippen molar-refractivity contribution in [2.45, 2.75) is 70.2 Å². The van der Waals surface area contributed by atoms with Crippen molar-refractivity contribution in [3.05, 3.63) is 29.8 Å². The van der Waals surface area contributed by atoms with Crippen LogP contribution in [0.2, 0.25) is 0 Å². The van der Waals surface area contributed by atoms with Crippen LogP contribution in [0.15, 0.2) is 24.3 Å². The van der Waals surface area contributed by atoms with Crippen molar-refractivity contribution in [2.75, 3.05) is 6.61 Å².